The minimum absolute atomic E-state index is 0.372. The molecular formula is C15H31NO4. The highest BCUT2D eigenvalue weighted by atomic mass is 16.6. The average Bonchev–Trinajstić information content (AvgIpc) is 2.90. The Labute approximate surface area is 123 Å². The molecule has 0 bridgehead atoms. The summed E-state index contributed by atoms with van der Waals surface area (Å²) >= 11 is 0. The average molecular weight is 289 g/mol. The molecule has 1 fully saturated rings. The van der Waals surface area contributed by atoms with E-state index in [4.69, 9.17) is 4.74 Å². The van der Waals surface area contributed by atoms with Crippen molar-refractivity contribution in [3.05, 3.63) is 0 Å². The number of carbonyl (C=O) groups is 2. The minimum atomic E-state index is -0.541. The number of carbonyl (C=O) groups excluding carboxylic acids is 2. The van der Waals surface area contributed by atoms with E-state index in [1.807, 2.05) is 27.7 Å². The van der Waals surface area contributed by atoms with Gasteiger partial charge in [0.25, 0.3) is 0 Å². The standard InChI is InChI=1S/C11H19NO4.2C2H6/c1-11(2,3)16-10(14)12-7-5-6-8(12)9(13)15-4;2*1-2/h8H,5-7H2,1-4H3;2*1-2H3. The summed E-state index contributed by atoms with van der Waals surface area (Å²) in [4.78, 5) is 24.7. The van der Waals surface area contributed by atoms with Gasteiger partial charge < -0.3 is 9.47 Å². The Morgan fingerprint density at radius 3 is 2.00 bits per heavy atom. The molecule has 120 valence electrons. The van der Waals surface area contributed by atoms with Gasteiger partial charge in [-0.25, -0.2) is 9.59 Å². The predicted octanol–water partition coefficient (Wildman–Crippen LogP) is 3.61. The van der Waals surface area contributed by atoms with Gasteiger partial charge in [0.2, 0.25) is 0 Å². The maximum absolute atomic E-state index is 11.8. The molecule has 0 aromatic heterocycles. The van der Waals surface area contributed by atoms with Crippen LogP contribution in [-0.4, -0.2) is 42.3 Å². The fourth-order valence-electron chi connectivity index (χ4n) is 1.69. The largest absolute Gasteiger partial charge is 0.467 e. The van der Waals surface area contributed by atoms with Crippen LogP contribution in [0.25, 0.3) is 0 Å². The van der Waals surface area contributed by atoms with Crippen LogP contribution in [0.5, 0.6) is 0 Å². The third-order valence-corrected chi connectivity index (χ3v) is 2.35. The first kappa shape index (κ1) is 21.0. The van der Waals surface area contributed by atoms with Crippen molar-refractivity contribution in [2.45, 2.75) is 73.0 Å². The lowest BCUT2D eigenvalue weighted by molar-refractivity contribution is -0.145. The SMILES string of the molecule is CC.CC.COC(=O)C1CCCN1C(=O)OC(C)(C)C. The molecule has 0 N–H and O–H groups in total. The molecule has 1 aliphatic rings. The molecule has 0 radical (unpaired) electrons. The van der Waals surface area contributed by atoms with Gasteiger partial charge in [-0.05, 0) is 33.6 Å². The minimum Gasteiger partial charge on any atom is -0.467 e. The van der Waals surface area contributed by atoms with Crippen molar-refractivity contribution in [1.82, 2.24) is 4.90 Å². The number of hydrogen-bond acceptors (Lipinski definition) is 4. The van der Waals surface area contributed by atoms with Crippen LogP contribution < -0.4 is 0 Å². The van der Waals surface area contributed by atoms with E-state index in [2.05, 4.69) is 4.74 Å². The molecule has 20 heavy (non-hydrogen) atoms. The number of methoxy groups -OCH3 is 1. The van der Waals surface area contributed by atoms with E-state index in [9.17, 15) is 9.59 Å². The normalized spacial score (nSPS) is 17.2. The monoisotopic (exact) mass is 289 g/mol. The highest BCUT2D eigenvalue weighted by Gasteiger charge is 2.37. The third-order valence-electron chi connectivity index (χ3n) is 2.35. The van der Waals surface area contributed by atoms with Crippen LogP contribution in [0, 0.1) is 0 Å². The molecule has 0 aliphatic carbocycles. The zero-order chi connectivity index (χ0) is 16.3. The summed E-state index contributed by atoms with van der Waals surface area (Å²) in [7, 11) is 1.33. The molecule has 1 saturated heterocycles. The number of esters is 1. The van der Waals surface area contributed by atoms with Crippen molar-refractivity contribution in [3.8, 4) is 0 Å². The van der Waals surface area contributed by atoms with E-state index >= 15 is 0 Å². The molecule has 1 aliphatic heterocycles. The number of likely N-dealkylation sites (tertiary alicyclic amines) is 1. The van der Waals surface area contributed by atoms with Crippen LogP contribution in [0.1, 0.15) is 61.3 Å². The van der Waals surface area contributed by atoms with Gasteiger partial charge in [-0.3, -0.25) is 4.90 Å². The van der Waals surface area contributed by atoms with Gasteiger partial charge in [-0.1, -0.05) is 27.7 Å². The van der Waals surface area contributed by atoms with Gasteiger partial charge in [0, 0.05) is 6.54 Å². The zero-order valence-electron chi connectivity index (χ0n) is 14.3. The molecule has 1 atom stereocenters. The molecular weight excluding hydrogens is 258 g/mol. The fraction of sp³-hybridized carbons (Fsp3) is 0.867. The van der Waals surface area contributed by atoms with Crippen molar-refractivity contribution in [2.75, 3.05) is 13.7 Å². The molecule has 1 rings (SSSR count). The topological polar surface area (TPSA) is 55.8 Å². The molecule has 5 nitrogen and oxygen atoms in total. The van der Waals surface area contributed by atoms with Crippen LogP contribution in [0.15, 0.2) is 0 Å². The van der Waals surface area contributed by atoms with E-state index < -0.39 is 17.7 Å². The maximum Gasteiger partial charge on any atom is 0.411 e. The summed E-state index contributed by atoms with van der Waals surface area (Å²) in [6, 6.07) is -0.486. The van der Waals surface area contributed by atoms with Crippen molar-refractivity contribution in [3.63, 3.8) is 0 Å². The Hall–Kier alpha value is -1.26. The van der Waals surface area contributed by atoms with Crippen molar-refractivity contribution in [1.29, 1.82) is 0 Å². The first-order chi connectivity index (χ1) is 9.35. The van der Waals surface area contributed by atoms with Crippen LogP contribution in [0.4, 0.5) is 4.79 Å². The number of rotatable bonds is 1. The maximum atomic E-state index is 11.8. The van der Waals surface area contributed by atoms with Crippen LogP contribution in [0.3, 0.4) is 0 Å². The Kier molecular flexibility index (Phi) is 11.1. The van der Waals surface area contributed by atoms with Gasteiger partial charge in [-0.15, -0.1) is 0 Å². The van der Waals surface area contributed by atoms with Gasteiger partial charge in [0.15, 0.2) is 0 Å². The Morgan fingerprint density at radius 1 is 1.10 bits per heavy atom. The first-order valence-corrected chi connectivity index (χ1v) is 7.42. The van der Waals surface area contributed by atoms with Gasteiger partial charge in [0.05, 0.1) is 7.11 Å². The summed E-state index contributed by atoms with van der Waals surface area (Å²) in [6.45, 7) is 13.9. The highest BCUT2D eigenvalue weighted by molar-refractivity contribution is 5.82. The first-order valence-electron chi connectivity index (χ1n) is 7.42. The van der Waals surface area contributed by atoms with E-state index in [1.54, 1.807) is 20.8 Å². The number of ether oxygens (including phenoxy) is 2. The summed E-state index contributed by atoms with van der Waals surface area (Å²) in [5, 5.41) is 0. The van der Waals surface area contributed by atoms with E-state index in [-0.39, 0.29) is 5.97 Å². The lowest BCUT2D eigenvalue weighted by Crippen LogP contribution is -2.43. The summed E-state index contributed by atoms with van der Waals surface area (Å²) in [5.41, 5.74) is -0.541. The Morgan fingerprint density at radius 2 is 1.60 bits per heavy atom. The lowest BCUT2D eigenvalue weighted by Gasteiger charge is -2.27. The zero-order valence-corrected chi connectivity index (χ0v) is 14.3. The van der Waals surface area contributed by atoms with Crippen LogP contribution in [-0.2, 0) is 14.3 Å². The molecule has 0 aromatic carbocycles. The lowest BCUT2D eigenvalue weighted by atomic mass is 10.2. The van der Waals surface area contributed by atoms with Gasteiger partial charge in [-0.2, -0.15) is 0 Å². The second-order valence-corrected chi connectivity index (χ2v) is 4.85. The van der Waals surface area contributed by atoms with Crippen molar-refractivity contribution < 1.29 is 19.1 Å². The van der Waals surface area contributed by atoms with Gasteiger partial charge >= 0.3 is 12.1 Å². The molecule has 1 unspecified atom stereocenters. The molecule has 0 saturated carbocycles. The number of nitrogens with zero attached hydrogens (tertiary/aromatic N) is 1. The molecule has 0 aromatic rings. The summed E-state index contributed by atoms with van der Waals surface area (Å²) < 4.78 is 9.88. The molecule has 1 amide bonds. The van der Waals surface area contributed by atoms with E-state index in [0.717, 1.165) is 6.42 Å². The smallest absolute Gasteiger partial charge is 0.411 e. The molecule has 1 heterocycles. The second-order valence-electron chi connectivity index (χ2n) is 4.85. The quantitative estimate of drug-likeness (QED) is 0.692. The number of amides is 1. The second kappa shape index (κ2) is 10.5. The summed E-state index contributed by atoms with van der Waals surface area (Å²) in [5.74, 6) is -0.372. The summed E-state index contributed by atoms with van der Waals surface area (Å²) in [6.07, 6.45) is 1.01. The fourth-order valence-corrected chi connectivity index (χ4v) is 1.69. The highest BCUT2D eigenvalue weighted by Crippen LogP contribution is 2.21. The number of hydrogen-bond donors (Lipinski definition) is 0. The molecule has 0 spiro atoms. The predicted molar refractivity (Wildman–Crippen MR) is 80.7 cm³/mol. The van der Waals surface area contributed by atoms with Crippen LogP contribution in [0.2, 0.25) is 0 Å². The van der Waals surface area contributed by atoms with Gasteiger partial charge in [0.1, 0.15) is 11.6 Å². The van der Waals surface area contributed by atoms with Crippen LogP contribution >= 0.6 is 0 Å². The third kappa shape index (κ3) is 7.36. The molecule has 5 heteroatoms. The Balaban J connectivity index is 0. The van der Waals surface area contributed by atoms with E-state index in [1.165, 1.54) is 12.0 Å². The van der Waals surface area contributed by atoms with E-state index in [0.29, 0.717) is 13.0 Å². The van der Waals surface area contributed by atoms with Crippen molar-refractivity contribution in [2.24, 2.45) is 0 Å². The van der Waals surface area contributed by atoms with Crippen molar-refractivity contribution >= 4 is 12.1 Å². The Bertz CT molecular complexity index is 284.